The number of hydrogen-bond acceptors (Lipinski definition) is 3. The van der Waals surface area contributed by atoms with Gasteiger partial charge in [0.25, 0.3) is 0 Å². The summed E-state index contributed by atoms with van der Waals surface area (Å²) >= 11 is 0. The molecule has 118 valence electrons. The first-order valence-electron chi connectivity index (χ1n) is 8.24. The molecular weight excluding hydrogens is 268 g/mol. The number of ether oxygens (including phenoxy) is 1. The van der Waals surface area contributed by atoms with Gasteiger partial charge in [0.15, 0.2) is 0 Å². The quantitative estimate of drug-likeness (QED) is 0.854. The highest BCUT2D eigenvalue weighted by atomic mass is 16.5. The number of nitrogens with one attached hydrogen (secondary N) is 1. The number of carbonyl (C=O) groups is 2. The number of rotatable bonds is 4. The zero-order chi connectivity index (χ0) is 15.2. The number of amides is 2. The van der Waals surface area contributed by atoms with Gasteiger partial charge >= 0.3 is 0 Å². The minimum Gasteiger partial charge on any atom is -0.373 e. The lowest BCUT2D eigenvalue weighted by Gasteiger charge is -2.45. The molecule has 1 saturated carbocycles. The molecule has 0 radical (unpaired) electrons. The maximum atomic E-state index is 13.0. The predicted octanol–water partition coefficient (Wildman–Crippen LogP) is 1.46. The van der Waals surface area contributed by atoms with Gasteiger partial charge in [-0.05, 0) is 51.9 Å². The third-order valence-electron chi connectivity index (χ3n) is 5.27. The molecule has 0 aromatic rings. The van der Waals surface area contributed by atoms with Crippen LogP contribution in [0.5, 0.6) is 0 Å². The first kappa shape index (κ1) is 14.8. The molecule has 5 heteroatoms. The Bertz CT molecular complexity index is 449. The van der Waals surface area contributed by atoms with Crippen LogP contribution in [0.15, 0.2) is 0 Å². The molecule has 2 aliphatic heterocycles. The SMILES string of the molecule is CCC1C(=O)NC(C)(C2CC2)C(=O)N1CC1CCC(C)O1. The van der Waals surface area contributed by atoms with Gasteiger partial charge in [0.2, 0.25) is 11.8 Å². The minimum atomic E-state index is -0.701. The van der Waals surface area contributed by atoms with Crippen LogP contribution in [-0.4, -0.2) is 47.0 Å². The van der Waals surface area contributed by atoms with Crippen molar-refractivity contribution in [2.45, 2.75) is 76.7 Å². The van der Waals surface area contributed by atoms with Crippen molar-refractivity contribution in [3.8, 4) is 0 Å². The maximum absolute atomic E-state index is 13.0. The minimum absolute atomic E-state index is 0.00227. The van der Waals surface area contributed by atoms with E-state index in [9.17, 15) is 9.59 Å². The van der Waals surface area contributed by atoms with Gasteiger partial charge in [-0.1, -0.05) is 6.92 Å². The molecule has 0 bridgehead atoms. The molecule has 1 aliphatic carbocycles. The summed E-state index contributed by atoms with van der Waals surface area (Å²) < 4.78 is 5.86. The van der Waals surface area contributed by atoms with Crippen molar-refractivity contribution in [3.63, 3.8) is 0 Å². The van der Waals surface area contributed by atoms with E-state index in [1.807, 2.05) is 13.8 Å². The fraction of sp³-hybridized carbons (Fsp3) is 0.875. The van der Waals surface area contributed by atoms with Crippen LogP contribution in [0.2, 0.25) is 0 Å². The Labute approximate surface area is 126 Å². The smallest absolute Gasteiger partial charge is 0.249 e. The zero-order valence-corrected chi connectivity index (χ0v) is 13.2. The van der Waals surface area contributed by atoms with E-state index in [4.69, 9.17) is 4.74 Å². The Hall–Kier alpha value is -1.10. The summed E-state index contributed by atoms with van der Waals surface area (Å²) in [5.74, 6) is 0.384. The summed E-state index contributed by atoms with van der Waals surface area (Å²) in [6.07, 6.45) is 5.07. The summed E-state index contributed by atoms with van der Waals surface area (Å²) in [5, 5.41) is 3.00. The topological polar surface area (TPSA) is 58.6 Å². The van der Waals surface area contributed by atoms with Crippen LogP contribution in [0.3, 0.4) is 0 Å². The average molecular weight is 294 g/mol. The maximum Gasteiger partial charge on any atom is 0.249 e. The van der Waals surface area contributed by atoms with Gasteiger partial charge in [-0.3, -0.25) is 9.59 Å². The molecule has 1 N–H and O–H groups in total. The summed E-state index contributed by atoms with van der Waals surface area (Å²) in [7, 11) is 0. The molecular formula is C16H26N2O3. The first-order valence-corrected chi connectivity index (χ1v) is 8.24. The molecule has 3 rings (SSSR count). The van der Waals surface area contributed by atoms with Crippen molar-refractivity contribution >= 4 is 11.8 Å². The van der Waals surface area contributed by atoms with E-state index in [1.165, 1.54) is 0 Å². The fourth-order valence-corrected chi connectivity index (χ4v) is 3.77. The van der Waals surface area contributed by atoms with Crippen molar-refractivity contribution < 1.29 is 14.3 Å². The average Bonchev–Trinajstić information content (AvgIpc) is 3.21. The van der Waals surface area contributed by atoms with E-state index in [0.29, 0.717) is 18.9 Å². The number of piperazine rings is 1. The van der Waals surface area contributed by atoms with Gasteiger partial charge < -0.3 is 15.0 Å². The molecule has 4 atom stereocenters. The normalized spacial score (nSPS) is 40.5. The Kier molecular flexibility index (Phi) is 3.72. The molecule has 2 amide bonds. The van der Waals surface area contributed by atoms with E-state index in [-0.39, 0.29) is 30.1 Å². The van der Waals surface area contributed by atoms with Gasteiger partial charge in [-0.25, -0.2) is 0 Å². The van der Waals surface area contributed by atoms with Crippen LogP contribution in [0.25, 0.3) is 0 Å². The van der Waals surface area contributed by atoms with E-state index in [1.54, 1.807) is 4.90 Å². The summed E-state index contributed by atoms with van der Waals surface area (Å²) in [5.41, 5.74) is -0.701. The van der Waals surface area contributed by atoms with Gasteiger partial charge in [0, 0.05) is 6.54 Å². The molecule has 5 nitrogen and oxygen atoms in total. The third-order valence-corrected chi connectivity index (χ3v) is 5.27. The largest absolute Gasteiger partial charge is 0.373 e. The monoisotopic (exact) mass is 294 g/mol. The lowest BCUT2D eigenvalue weighted by molar-refractivity contribution is -0.157. The highest BCUT2D eigenvalue weighted by Crippen LogP contribution is 2.42. The Balaban J connectivity index is 1.79. The standard InChI is InChI=1S/C16H26N2O3/c1-4-13-14(19)17-16(3,11-6-7-11)15(20)18(13)9-12-8-5-10(2)21-12/h10-13H,4-9H2,1-3H3,(H,17,19). The van der Waals surface area contributed by atoms with Gasteiger partial charge in [0.05, 0.1) is 12.2 Å². The second-order valence-electron chi connectivity index (χ2n) is 6.99. The van der Waals surface area contributed by atoms with Crippen LogP contribution in [0.4, 0.5) is 0 Å². The molecule has 0 aromatic carbocycles. The second kappa shape index (κ2) is 5.27. The number of nitrogens with zero attached hydrogens (tertiary/aromatic N) is 1. The Morgan fingerprint density at radius 3 is 2.52 bits per heavy atom. The zero-order valence-electron chi connectivity index (χ0n) is 13.2. The predicted molar refractivity (Wildman–Crippen MR) is 78.6 cm³/mol. The lowest BCUT2D eigenvalue weighted by atomic mass is 9.88. The van der Waals surface area contributed by atoms with E-state index < -0.39 is 5.54 Å². The number of hydrogen-bond donors (Lipinski definition) is 1. The highest BCUT2D eigenvalue weighted by molar-refractivity contribution is 6.00. The van der Waals surface area contributed by atoms with Crippen LogP contribution in [0, 0.1) is 5.92 Å². The molecule has 3 fully saturated rings. The van der Waals surface area contributed by atoms with Crippen LogP contribution in [-0.2, 0) is 14.3 Å². The lowest BCUT2D eigenvalue weighted by Crippen LogP contribution is -2.70. The van der Waals surface area contributed by atoms with Crippen molar-refractivity contribution in [2.24, 2.45) is 5.92 Å². The van der Waals surface area contributed by atoms with Crippen molar-refractivity contribution in [1.29, 1.82) is 0 Å². The molecule has 0 spiro atoms. The molecule has 4 unspecified atom stereocenters. The van der Waals surface area contributed by atoms with Gasteiger partial charge in [-0.15, -0.1) is 0 Å². The summed E-state index contributed by atoms with van der Waals surface area (Å²) in [4.78, 5) is 27.2. The van der Waals surface area contributed by atoms with Crippen LogP contribution < -0.4 is 5.32 Å². The molecule has 0 aromatic heterocycles. The summed E-state index contributed by atoms with van der Waals surface area (Å²) in [6.45, 7) is 6.47. The van der Waals surface area contributed by atoms with E-state index in [2.05, 4.69) is 12.2 Å². The van der Waals surface area contributed by atoms with Crippen molar-refractivity contribution in [3.05, 3.63) is 0 Å². The first-order chi connectivity index (χ1) is 9.95. The van der Waals surface area contributed by atoms with Gasteiger partial charge in [0.1, 0.15) is 11.6 Å². The molecule has 2 saturated heterocycles. The van der Waals surface area contributed by atoms with Gasteiger partial charge in [-0.2, -0.15) is 0 Å². The number of carbonyl (C=O) groups excluding carboxylic acids is 2. The fourth-order valence-electron chi connectivity index (χ4n) is 3.77. The van der Waals surface area contributed by atoms with Crippen molar-refractivity contribution in [1.82, 2.24) is 10.2 Å². The van der Waals surface area contributed by atoms with E-state index in [0.717, 1.165) is 25.7 Å². The third kappa shape index (κ3) is 2.56. The molecule has 2 heterocycles. The Morgan fingerprint density at radius 1 is 1.29 bits per heavy atom. The summed E-state index contributed by atoms with van der Waals surface area (Å²) in [6, 6.07) is -0.344. The van der Waals surface area contributed by atoms with E-state index >= 15 is 0 Å². The second-order valence-corrected chi connectivity index (χ2v) is 6.99. The molecule has 21 heavy (non-hydrogen) atoms. The highest BCUT2D eigenvalue weighted by Gasteiger charge is 2.55. The van der Waals surface area contributed by atoms with Crippen LogP contribution in [0.1, 0.15) is 52.9 Å². The van der Waals surface area contributed by atoms with Crippen molar-refractivity contribution in [2.75, 3.05) is 6.54 Å². The van der Waals surface area contributed by atoms with Crippen LogP contribution >= 0.6 is 0 Å². The molecule has 3 aliphatic rings. The Morgan fingerprint density at radius 2 is 2.00 bits per heavy atom.